The molecule has 2 amide bonds. The third-order valence-corrected chi connectivity index (χ3v) is 5.21. The van der Waals surface area contributed by atoms with Crippen LogP contribution in [0.5, 0.6) is 5.75 Å². The molecule has 130 valence electrons. The number of rotatable bonds is 6. The number of likely N-dealkylation sites (N-methyl/N-ethyl adjacent to an activating group) is 1. The van der Waals surface area contributed by atoms with Gasteiger partial charge < -0.3 is 15.0 Å². The van der Waals surface area contributed by atoms with E-state index in [1.54, 1.807) is 11.9 Å². The number of nitrogens with one attached hydrogen (secondary N) is 1. The molecule has 0 aromatic heterocycles. The standard InChI is InChI=1S/C19H20N2O3S/c1-21(11-12-24-14-7-3-2-4-8-14)18(22)13-17-19(23)20-15-9-5-6-10-16(15)25-17/h2-10,17H,11-13H2,1H3,(H,20,23). The molecule has 1 unspecified atom stereocenters. The van der Waals surface area contributed by atoms with Crippen LogP contribution in [-0.4, -0.2) is 42.2 Å². The van der Waals surface area contributed by atoms with Crippen molar-refractivity contribution >= 4 is 29.3 Å². The Hall–Kier alpha value is -2.47. The van der Waals surface area contributed by atoms with Gasteiger partial charge in [-0.3, -0.25) is 9.59 Å². The average Bonchev–Trinajstić information content (AvgIpc) is 2.63. The monoisotopic (exact) mass is 356 g/mol. The zero-order valence-corrected chi connectivity index (χ0v) is 14.8. The molecule has 2 aromatic carbocycles. The second-order valence-corrected chi connectivity index (χ2v) is 7.02. The number of hydrogen-bond donors (Lipinski definition) is 1. The molecule has 0 saturated heterocycles. The van der Waals surface area contributed by atoms with E-state index >= 15 is 0 Å². The molecule has 1 aliphatic rings. The minimum absolute atomic E-state index is 0.0660. The van der Waals surface area contributed by atoms with E-state index in [0.717, 1.165) is 16.3 Å². The third-order valence-electron chi connectivity index (χ3n) is 3.93. The Morgan fingerprint density at radius 2 is 1.88 bits per heavy atom. The van der Waals surface area contributed by atoms with Crippen LogP contribution in [0.1, 0.15) is 6.42 Å². The van der Waals surface area contributed by atoms with Crippen molar-refractivity contribution in [2.24, 2.45) is 0 Å². The molecule has 0 saturated carbocycles. The van der Waals surface area contributed by atoms with Gasteiger partial charge in [0.15, 0.2) is 0 Å². The van der Waals surface area contributed by atoms with Gasteiger partial charge in [0.1, 0.15) is 12.4 Å². The number of para-hydroxylation sites is 2. The van der Waals surface area contributed by atoms with E-state index in [9.17, 15) is 9.59 Å². The highest BCUT2D eigenvalue weighted by Crippen LogP contribution is 2.36. The fourth-order valence-corrected chi connectivity index (χ4v) is 3.58. The zero-order valence-electron chi connectivity index (χ0n) is 14.0. The third kappa shape index (κ3) is 4.54. The molecule has 2 aromatic rings. The predicted octanol–water partition coefficient (Wildman–Crippen LogP) is 3.03. The van der Waals surface area contributed by atoms with Gasteiger partial charge in [-0.15, -0.1) is 11.8 Å². The first-order valence-electron chi connectivity index (χ1n) is 8.12. The van der Waals surface area contributed by atoms with Crippen molar-refractivity contribution in [1.82, 2.24) is 4.90 Å². The highest BCUT2D eigenvalue weighted by atomic mass is 32.2. The van der Waals surface area contributed by atoms with Crippen molar-refractivity contribution in [3.05, 3.63) is 54.6 Å². The average molecular weight is 356 g/mol. The fourth-order valence-electron chi connectivity index (χ4n) is 2.48. The minimum atomic E-state index is -0.403. The summed E-state index contributed by atoms with van der Waals surface area (Å²) in [5, 5.41) is 2.46. The SMILES string of the molecule is CN(CCOc1ccccc1)C(=O)CC1Sc2ccccc2NC1=O. The van der Waals surface area contributed by atoms with Crippen molar-refractivity contribution < 1.29 is 14.3 Å². The lowest BCUT2D eigenvalue weighted by atomic mass is 10.2. The highest BCUT2D eigenvalue weighted by molar-refractivity contribution is 8.01. The summed E-state index contributed by atoms with van der Waals surface area (Å²) in [7, 11) is 1.73. The lowest BCUT2D eigenvalue weighted by Crippen LogP contribution is -2.37. The van der Waals surface area contributed by atoms with Crippen LogP contribution in [0.25, 0.3) is 0 Å². The van der Waals surface area contributed by atoms with Gasteiger partial charge in [-0.2, -0.15) is 0 Å². The maximum Gasteiger partial charge on any atom is 0.238 e. The van der Waals surface area contributed by atoms with E-state index in [1.165, 1.54) is 11.8 Å². The molecular formula is C19H20N2O3S. The highest BCUT2D eigenvalue weighted by Gasteiger charge is 2.29. The molecule has 0 fully saturated rings. The molecule has 0 radical (unpaired) electrons. The molecule has 0 spiro atoms. The maximum absolute atomic E-state index is 12.4. The van der Waals surface area contributed by atoms with Gasteiger partial charge in [0, 0.05) is 18.4 Å². The fraction of sp³-hybridized carbons (Fsp3) is 0.263. The van der Waals surface area contributed by atoms with E-state index < -0.39 is 5.25 Å². The lowest BCUT2D eigenvalue weighted by Gasteiger charge is -2.25. The molecule has 25 heavy (non-hydrogen) atoms. The van der Waals surface area contributed by atoms with Crippen molar-refractivity contribution in [1.29, 1.82) is 0 Å². The zero-order chi connectivity index (χ0) is 17.6. The summed E-state index contributed by atoms with van der Waals surface area (Å²) >= 11 is 1.44. The number of carbonyl (C=O) groups is 2. The van der Waals surface area contributed by atoms with E-state index in [0.29, 0.717) is 13.2 Å². The summed E-state index contributed by atoms with van der Waals surface area (Å²) in [5.41, 5.74) is 0.811. The summed E-state index contributed by atoms with van der Waals surface area (Å²) in [6.07, 6.45) is 0.173. The summed E-state index contributed by atoms with van der Waals surface area (Å²) in [6.45, 7) is 0.891. The first kappa shape index (κ1) is 17.4. The van der Waals surface area contributed by atoms with Crippen molar-refractivity contribution in [2.45, 2.75) is 16.6 Å². The van der Waals surface area contributed by atoms with Crippen molar-refractivity contribution in [2.75, 3.05) is 25.5 Å². The second kappa shape index (κ2) is 8.07. The second-order valence-electron chi connectivity index (χ2n) is 5.77. The number of thioether (sulfide) groups is 1. The molecule has 0 bridgehead atoms. The van der Waals surface area contributed by atoms with Crippen LogP contribution in [0, 0.1) is 0 Å². The molecule has 5 nitrogen and oxygen atoms in total. The van der Waals surface area contributed by atoms with E-state index in [1.807, 2.05) is 54.6 Å². The normalized spacial score (nSPS) is 15.9. The van der Waals surface area contributed by atoms with Crippen LogP contribution < -0.4 is 10.1 Å². The molecule has 1 atom stereocenters. The van der Waals surface area contributed by atoms with Gasteiger partial charge in [0.25, 0.3) is 0 Å². The topological polar surface area (TPSA) is 58.6 Å². The Morgan fingerprint density at radius 1 is 1.16 bits per heavy atom. The first-order chi connectivity index (χ1) is 12.1. The molecule has 0 aliphatic carbocycles. The summed E-state index contributed by atoms with van der Waals surface area (Å²) in [4.78, 5) is 27.2. The van der Waals surface area contributed by atoms with Gasteiger partial charge in [0.2, 0.25) is 11.8 Å². The van der Waals surface area contributed by atoms with Crippen molar-refractivity contribution in [3.8, 4) is 5.75 Å². The predicted molar refractivity (Wildman–Crippen MR) is 98.9 cm³/mol. The van der Waals surface area contributed by atoms with Crippen LogP contribution in [0.15, 0.2) is 59.5 Å². The molecule has 1 N–H and O–H groups in total. The summed E-state index contributed by atoms with van der Waals surface area (Å²) in [5.74, 6) is 0.594. The smallest absolute Gasteiger partial charge is 0.238 e. The summed E-state index contributed by atoms with van der Waals surface area (Å²) in [6, 6.07) is 17.1. The number of fused-ring (bicyclic) bond motifs is 1. The number of anilines is 1. The van der Waals surface area contributed by atoms with E-state index in [-0.39, 0.29) is 18.2 Å². The number of hydrogen-bond acceptors (Lipinski definition) is 4. The van der Waals surface area contributed by atoms with Gasteiger partial charge in [-0.05, 0) is 24.3 Å². The van der Waals surface area contributed by atoms with Crippen LogP contribution in [0.4, 0.5) is 5.69 Å². The molecule has 1 aliphatic heterocycles. The van der Waals surface area contributed by atoms with Crippen LogP contribution in [0.3, 0.4) is 0 Å². The summed E-state index contributed by atoms with van der Waals surface area (Å²) < 4.78 is 5.61. The molecular weight excluding hydrogens is 336 g/mol. The Kier molecular flexibility index (Phi) is 5.60. The first-order valence-corrected chi connectivity index (χ1v) is 9.00. The van der Waals surface area contributed by atoms with E-state index in [2.05, 4.69) is 5.32 Å². The minimum Gasteiger partial charge on any atom is -0.492 e. The van der Waals surface area contributed by atoms with Gasteiger partial charge in [-0.1, -0.05) is 30.3 Å². The largest absolute Gasteiger partial charge is 0.492 e. The molecule has 3 rings (SSSR count). The Morgan fingerprint density at radius 3 is 2.68 bits per heavy atom. The number of carbonyl (C=O) groups excluding carboxylic acids is 2. The van der Waals surface area contributed by atoms with Gasteiger partial charge in [-0.25, -0.2) is 0 Å². The molecule has 6 heteroatoms. The number of ether oxygens (including phenoxy) is 1. The number of benzene rings is 2. The molecule has 1 heterocycles. The number of amides is 2. The van der Waals surface area contributed by atoms with Gasteiger partial charge >= 0.3 is 0 Å². The Bertz CT molecular complexity index is 751. The van der Waals surface area contributed by atoms with Gasteiger partial charge in [0.05, 0.1) is 17.5 Å². The lowest BCUT2D eigenvalue weighted by molar-refractivity contribution is -0.131. The maximum atomic E-state index is 12.4. The quantitative estimate of drug-likeness (QED) is 0.864. The van der Waals surface area contributed by atoms with Crippen LogP contribution in [-0.2, 0) is 9.59 Å². The Labute approximate surface area is 151 Å². The Balaban J connectivity index is 1.49. The van der Waals surface area contributed by atoms with Crippen molar-refractivity contribution in [3.63, 3.8) is 0 Å². The van der Waals surface area contributed by atoms with Crippen LogP contribution in [0.2, 0.25) is 0 Å². The van der Waals surface area contributed by atoms with E-state index in [4.69, 9.17) is 4.74 Å². The van der Waals surface area contributed by atoms with Crippen LogP contribution >= 0.6 is 11.8 Å². The number of nitrogens with zero attached hydrogens (tertiary/aromatic N) is 1.